The van der Waals surface area contributed by atoms with E-state index >= 15 is 0 Å². The second-order valence-electron chi connectivity index (χ2n) is 5.17. The monoisotopic (exact) mass is 305 g/mol. The van der Waals surface area contributed by atoms with Crippen LogP contribution in [-0.2, 0) is 9.59 Å². The molecule has 1 aliphatic rings. The van der Waals surface area contributed by atoms with Gasteiger partial charge >= 0.3 is 0 Å². The molecule has 0 N–H and O–H groups in total. The van der Waals surface area contributed by atoms with E-state index in [1.54, 1.807) is 37.2 Å². The summed E-state index contributed by atoms with van der Waals surface area (Å²) in [5.74, 6) is -0.762. The van der Waals surface area contributed by atoms with Crippen LogP contribution >= 0.6 is 11.6 Å². The number of amides is 2. The smallest absolute Gasteiger partial charge is 0.229 e. The average Bonchev–Trinajstić information content (AvgIpc) is 2.74. The molecule has 0 aromatic heterocycles. The fraction of sp³-hybridized carbons (Fsp3) is 0.400. The Balaban J connectivity index is 2.34. The van der Waals surface area contributed by atoms with Crippen molar-refractivity contribution in [2.24, 2.45) is 5.92 Å². The van der Waals surface area contributed by atoms with Gasteiger partial charge in [-0.3, -0.25) is 9.59 Å². The molecule has 0 aliphatic carbocycles. The summed E-state index contributed by atoms with van der Waals surface area (Å²) in [7, 11) is 3.26. The quantitative estimate of drug-likeness (QED) is 0.800. The molecule has 0 spiro atoms. The van der Waals surface area contributed by atoms with Crippen LogP contribution in [-0.4, -0.2) is 42.3 Å². The Labute approximate surface area is 128 Å². The SMILES string of the molecule is CN(CC#N)C(=O)C1CC(=O)N(C)C1c1cccc(Cl)c1. The van der Waals surface area contributed by atoms with E-state index in [2.05, 4.69) is 0 Å². The van der Waals surface area contributed by atoms with Crippen molar-refractivity contribution in [1.82, 2.24) is 9.80 Å². The molecule has 1 aromatic carbocycles. The van der Waals surface area contributed by atoms with Crippen molar-refractivity contribution < 1.29 is 9.59 Å². The maximum absolute atomic E-state index is 12.5. The summed E-state index contributed by atoms with van der Waals surface area (Å²) in [5, 5.41) is 9.28. The van der Waals surface area contributed by atoms with Crippen LogP contribution in [0.2, 0.25) is 5.02 Å². The lowest BCUT2D eigenvalue weighted by molar-refractivity contribution is -0.134. The van der Waals surface area contributed by atoms with Gasteiger partial charge in [-0.1, -0.05) is 23.7 Å². The van der Waals surface area contributed by atoms with Crippen LogP contribution in [0.1, 0.15) is 18.0 Å². The molecule has 2 rings (SSSR count). The predicted molar refractivity (Wildman–Crippen MR) is 78.3 cm³/mol. The first kappa shape index (κ1) is 15.3. The minimum atomic E-state index is -0.487. The molecule has 2 atom stereocenters. The molecular formula is C15H16ClN3O2. The lowest BCUT2D eigenvalue weighted by Crippen LogP contribution is -2.36. The third-order valence-electron chi connectivity index (χ3n) is 3.78. The van der Waals surface area contributed by atoms with Crippen LogP contribution in [0.4, 0.5) is 0 Å². The molecule has 6 heteroatoms. The highest BCUT2D eigenvalue weighted by Gasteiger charge is 2.43. The van der Waals surface area contributed by atoms with Crippen molar-refractivity contribution in [1.29, 1.82) is 5.26 Å². The van der Waals surface area contributed by atoms with E-state index in [1.165, 1.54) is 4.90 Å². The van der Waals surface area contributed by atoms with E-state index in [-0.39, 0.29) is 30.8 Å². The molecule has 21 heavy (non-hydrogen) atoms. The first-order valence-electron chi connectivity index (χ1n) is 6.58. The molecule has 1 saturated heterocycles. The number of benzene rings is 1. The first-order chi connectivity index (χ1) is 9.95. The van der Waals surface area contributed by atoms with Gasteiger partial charge < -0.3 is 9.80 Å². The Kier molecular flexibility index (Phi) is 4.49. The van der Waals surface area contributed by atoms with E-state index in [0.717, 1.165) is 5.56 Å². The largest absolute Gasteiger partial charge is 0.338 e. The lowest BCUT2D eigenvalue weighted by Gasteiger charge is -2.27. The van der Waals surface area contributed by atoms with Gasteiger partial charge in [0.05, 0.1) is 18.0 Å². The average molecular weight is 306 g/mol. The fourth-order valence-corrected chi connectivity index (χ4v) is 2.90. The summed E-state index contributed by atoms with van der Waals surface area (Å²) in [4.78, 5) is 27.4. The van der Waals surface area contributed by atoms with Gasteiger partial charge in [-0.25, -0.2) is 0 Å². The van der Waals surface area contributed by atoms with Gasteiger partial charge in [-0.2, -0.15) is 5.26 Å². The normalized spacial score (nSPS) is 21.2. The van der Waals surface area contributed by atoms with Crippen molar-refractivity contribution in [3.05, 3.63) is 34.9 Å². The van der Waals surface area contributed by atoms with E-state index in [1.807, 2.05) is 12.1 Å². The molecule has 1 heterocycles. The Morgan fingerprint density at radius 2 is 2.29 bits per heavy atom. The van der Waals surface area contributed by atoms with Gasteiger partial charge in [-0.05, 0) is 17.7 Å². The van der Waals surface area contributed by atoms with Crippen LogP contribution in [0.15, 0.2) is 24.3 Å². The Morgan fingerprint density at radius 1 is 1.57 bits per heavy atom. The summed E-state index contributed by atoms with van der Waals surface area (Å²) >= 11 is 6.01. The molecule has 110 valence electrons. The standard InChI is InChI=1S/C15H16ClN3O2/c1-18(7-6-17)15(21)12-9-13(20)19(2)14(12)10-4-3-5-11(16)8-10/h3-5,8,12,14H,7,9H2,1-2H3. The number of halogens is 1. The molecule has 0 radical (unpaired) electrons. The minimum absolute atomic E-state index is 0.00943. The van der Waals surface area contributed by atoms with Crippen LogP contribution < -0.4 is 0 Å². The van der Waals surface area contributed by atoms with Gasteiger partial charge in [-0.15, -0.1) is 0 Å². The summed E-state index contributed by atoms with van der Waals surface area (Å²) in [5.41, 5.74) is 0.833. The van der Waals surface area contributed by atoms with Crippen LogP contribution in [0.5, 0.6) is 0 Å². The maximum Gasteiger partial charge on any atom is 0.229 e. The molecule has 1 aromatic rings. The zero-order valence-corrected chi connectivity index (χ0v) is 12.7. The minimum Gasteiger partial charge on any atom is -0.338 e. The molecule has 2 amide bonds. The molecule has 1 fully saturated rings. The second-order valence-corrected chi connectivity index (χ2v) is 5.60. The summed E-state index contributed by atoms with van der Waals surface area (Å²) in [6.45, 7) is 0.00943. The lowest BCUT2D eigenvalue weighted by atomic mass is 9.92. The molecule has 2 unspecified atom stereocenters. The van der Waals surface area contributed by atoms with Crippen LogP contribution in [0.3, 0.4) is 0 Å². The fourth-order valence-electron chi connectivity index (χ4n) is 2.70. The predicted octanol–water partition coefficient (Wildman–Crippen LogP) is 1.84. The van der Waals surface area contributed by atoms with Crippen molar-refractivity contribution in [2.75, 3.05) is 20.6 Å². The number of nitriles is 1. The highest BCUT2D eigenvalue weighted by Crippen LogP contribution is 2.38. The molecule has 1 aliphatic heterocycles. The highest BCUT2D eigenvalue weighted by atomic mass is 35.5. The number of nitrogens with zero attached hydrogens (tertiary/aromatic N) is 3. The number of hydrogen-bond acceptors (Lipinski definition) is 3. The second kappa shape index (κ2) is 6.15. The Morgan fingerprint density at radius 3 is 2.90 bits per heavy atom. The van der Waals surface area contributed by atoms with Crippen molar-refractivity contribution in [3.8, 4) is 6.07 Å². The van der Waals surface area contributed by atoms with Gasteiger partial charge in [0.2, 0.25) is 11.8 Å². The zero-order valence-electron chi connectivity index (χ0n) is 11.9. The van der Waals surface area contributed by atoms with Crippen molar-refractivity contribution >= 4 is 23.4 Å². The van der Waals surface area contributed by atoms with Gasteiger partial charge in [0.25, 0.3) is 0 Å². The van der Waals surface area contributed by atoms with Crippen molar-refractivity contribution in [2.45, 2.75) is 12.5 Å². The first-order valence-corrected chi connectivity index (χ1v) is 6.96. The molecular weight excluding hydrogens is 290 g/mol. The number of rotatable bonds is 3. The summed E-state index contributed by atoms with van der Waals surface area (Å²) < 4.78 is 0. The third-order valence-corrected chi connectivity index (χ3v) is 4.01. The van der Waals surface area contributed by atoms with Gasteiger partial charge in [0, 0.05) is 25.5 Å². The number of carbonyl (C=O) groups is 2. The summed E-state index contributed by atoms with van der Waals surface area (Å²) in [6, 6.07) is 8.78. The number of hydrogen-bond donors (Lipinski definition) is 0. The molecule has 0 bridgehead atoms. The Hall–Kier alpha value is -2.06. The van der Waals surface area contributed by atoms with E-state index in [0.29, 0.717) is 5.02 Å². The summed E-state index contributed by atoms with van der Waals surface area (Å²) in [6.07, 6.45) is 0.155. The van der Waals surface area contributed by atoms with Crippen LogP contribution in [0, 0.1) is 17.2 Å². The third kappa shape index (κ3) is 3.01. The Bertz CT molecular complexity index is 611. The van der Waals surface area contributed by atoms with Gasteiger partial charge in [0.15, 0.2) is 0 Å². The van der Waals surface area contributed by atoms with Crippen molar-refractivity contribution in [3.63, 3.8) is 0 Å². The van der Waals surface area contributed by atoms with E-state index in [9.17, 15) is 9.59 Å². The number of likely N-dealkylation sites (tertiary alicyclic amines) is 1. The topological polar surface area (TPSA) is 64.4 Å². The van der Waals surface area contributed by atoms with E-state index in [4.69, 9.17) is 16.9 Å². The molecule has 0 saturated carbocycles. The van der Waals surface area contributed by atoms with Crippen LogP contribution in [0.25, 0.3) is 0 Å². The van der Waals surface area contributed by atoms with Gasteiger partial charge in [0.1, 0.15) is 6.54 Å². The molecule has 5 nitrogen and oxygen atoms in total. The zero-order chi connectivity index (χ0) is 15.6. The maximum atomic E-state index is 12.5. The van der Waals surface area contributed by atoms with E-state index < -0.39 is 5.92 Å². The highest BCUT2D eigenvalue weighted by molar-refractivity contribution is 6.30. The number of carbonyl (C=O) groups excluding carboxylic acids is 2.